The number of nitrogens with one attached hydrogen (secondary N) is 2. The maximum absolute atomic E-state index is 12.9. The summed E-state index contributed by atoms with van der Waals surface area (Å²) in [5.74, 6) is 1.20. The Balaban J connectivity index is 1.36. The number of benzene rings is 3. The first kappa shape index (κ1) is 19.8. The van der Waals surface area contributed by atoms with Crippen LogP contribution in [0.4, 0.5) is 17.1 Å². The second-order valence-corrected chi connectivity index (χ2v) is 7.55. The van der Waals surface area contributed by atoms with Crippen LogP contribution in [0.5, 0.6) is 5.75 Å². The van der Waals surface area contributed by atoms with Crippen LogP contribution in [0.25, 0.3) is 0 Å². The number of carbonyl (C=O) groups excluding carboxylic acids is 1. The Labute approximate surface area is 177 Å². The van der Waals surface area contributed by atoms with Gasteiger partial charge in [0.25, 0.3) is 5.91 Å². The quantitative estimate of drug-likeness (QED) is 0.603. The molecular weight excluding hydrogens is 374 g/mol. The first-order chi connectivity index (χ1) is 14.7. The van der Waals surface area contributed by atoms with Crippen LogP contribution < -0.4 is 20.3 Å². The molecule has 1 heterocycles. The highest BCUT2D eigenvalue weighted by atomic mass is 16.5. The molecule has 0 radical (unpaired) electrons. The number of hydrogen-bond donors (Lipinski definition) is 2. The zero-order chi connectivity index (χ0) is 20.8. The van der Waals surface area contributed by atoms with Crippen molar-refractivity contribution in [1.82, 2.24) is 5.32 Å². The molecule has 3 aromatic carbocycles. The SMILES string of the molecule is COc1ccc(Nc2ccccc2C(=O)NCC2CCN(c3ccccc3)C2)cc1. The third-order valence-corrected chi connectivity index (χ3v) is 5.50. The summed E-state index contributed by atoms with van der Waals surface area (Å²) in [4.78, 5) is 15.3. The van der Waals surface area contributed by atoms with E-state index in [0.717, 1.165) is 36.6 Å². The van der Waals surface area contributed by atoms with E-state index in [1.165, 1.54) is 5.69 Å². The van der Waals surface area contributed by atoms with E-state index in [4.69, 9.17) is 4.74 Å². The van der Waals surface area contributed by atoms with Crippen molar-refractivity contribution in [3.05, 3.63) is 84.4 Å². The summed E-state index contributed by atoms with van der Waals surface area (Å²) in [7, 11) is 1.64. The Morgan fingerprint density at radius 1 is 1.00 bits per heavy atom. The van der Waals surface area contributed by atoms with Gasteiger partial charge in [-0.3, -0.25) is 4.79 Å². The smallest absolute Gasteiger partial charge is 0.253 e. The van der Waals surface area contributed by atoms with Gasteiger partial charge in [-0.15, -0.1) is 0 Å². The van der Waals surface area contributed by atoms with Crippen LogP contribution in [0.1, 0.15) is 16.8 Å². The largest absolute Gasteiger partial charge is 0.497 e. The Morgan fingerprint density at radius 2 is 1.73 bits per heavy atom. The van der Waals surface area contributed by atoms with Crippen LogP contribution in [0, 0.1) is 5.92 Å². The van der Waals surface area contributed by atoms with Crippen molar-refractivity contribution in [3.8, 4) is 5.75 Å². The van der Waals surface area contributed by atoms with E-state index in [2.05, 4.69) is 39.8 Å². The van der Waals surface area contributed by atoms with Gasteiger partial charge >= 0.3 is 0 Å². The molecule has 30 heavy (non-hydrogen) atoms. The zero-order valence-corrected chi connectivity index (χ0v) is 17.2. The lowest BCUT2D eigenvalue weighted by molar-refractivity contribution is 0.0949. The molecule has 0 aromatic heterocycles. The fraction of sp³-hybridized carbons (Fsp3) is 0.240. The molecule has 0 bridgehead atoms. The van der Waals surface area contributed by atoms with Gasteiger partial charge in [0.2, 0.25) is 0 Å². The van der Waals surface area contributed by atoms with E-state index < -0.39 is 0 Å². The van der Waals surface area contributed by atoms with Crippen molar-refractivity contribution in [2.24, 2.45) is 5.92 Å². The average molecular weight is 402 g/mol. The molecule has 0 saturated carbocycles. The molecule has 0 aliphatic carbocycles. The number of hydrogen-bond acceptors (Lipinski definition) is 4. The molecule has 0 spiro atoms. The minimum Gasteiger partial charge on any atom is -0.497 e. The zero-order valence-electron chi connectivity index (χ0n) is 17.2. The molecule has 1 unspecified atom stereocenters. The Morgan fingerprint density at radius 3 is 2.50 bits per heavy atom. The number of methoxy groups -OCH3 is 1. The first-order valence-corrected chi connectivity index (χ1v) is 10.3. The molecule has 1 saturated heterocycles. The topological polar surface area (TPSA) is 53.6 Å². The van der Waals surface area contributed by atoms with Gasteiger partial charge in [0, 0.05) is 31.0 Å². The van der Waals surface area contributed by atoms with Crippen LogP contribution >= 0.6 is 0 Å². The predicted octanol–water partition coefficient (Wildman–Crippen LogP) is 4.70. The summed E-state index contributed by atoms with van der Waals surface area (Å²) in [6.45, 7) is 2.68. The lowest BCUT2D eigenvalue weighted by Gasteiger charge is -2.19. The highest BCUT2D eigenvalue weighted by molar-refractivity contribution is 6.00. The molecule has 1 aliphatic rings. The number of ether oxygens (including phenoxy) is 1. The van der Waals surface area contributed by atoms with Gasteiger partial charge < -0.3 is 20.3 Å². The van der Waals surface area contributed by atoms with Crippen LogP contribution in [0.3, 0.4) is 0 Å². The van der Waals surface area contributed by atoms with Gasteiger partial charge in [-0.25, -0.2) is 0 Å². The van der Waals surface area contributed by atoms with E-state index in [1.54, 1.807) is 7.11 Å². The van der Waals surface area contributed by atoms with Gasteiger partial charge in [0.1, 0.15) is 5.75 Å². The van der Waals surface area contributed by atoms with E-state index >= 15 is 0 Å². The maximum atomic E-state index is 12.9. The average Bonchev–Trinajstić information content (AvgIpc) is 3.28. The van der Waals surface area contributed by atoms with Crippen molar-refractivity contribution in [2.75, 3.05) is 37.0 Å². The monoisotopic (exact) mass is 401 g/mol. The van der Waals surface area contributed by atoms with Crippen molar-refractivity contribution in [1.29, 1.82) is 0 Å². The van der Waals surface area contributed by atoms with Crippen molar-refractivity contribution in [3.63, 3.8) is 0 Å². The van der Waals surface area contributed by atoms with Gasteiger partial charge in [-0.05, 0) is 60.9 Å². The van der Waals surface area contributed by atoms with Gasteiger partial charge in [0.15, 0.2) is 0 Å². The number of anilines is 3. The maximum Gasteiger partial charge on any atom is 0.253 e. The minimum absolute atomic E-state index is 0.0511. The van der Waals surface area contributed by atoms with E-state index in [0.29, 0.717) is 18.0 Å². The summed E-state index contributed by atoms with van der Waals surface area (Å²) < 4.78 is 5.20. The third-order valence-electron chi connectivity index (χ3n) is 5.50. The van der Waals surface area contributed by atoms with E-state index in [1.807, 2.05) is 54.6 Å². The summed E-state index contributed by atoms with van der Waals surface area (Å²) >= 11 is 0. The lowest BCUT2D eigenvalue weighted by Crippen LogP contribution is -2.31. The van der Waals surface area contributed by atoms with Crippen LogP contribution in [0.15, 0.2) is 78.9 Å². The predicted molar refractivity (Wildman–Crippen MR) is 122 cm³/mol. The lowest BCUT2D eigenvalue weighted by atomic mass is 10.1. The second kappa shape index (κ2) is 9.35. The van der Waals surface area contributed by atoms with Gasteiger partial charge in [-0.1, -0.05) is 30.3 Å². The van der Waals surface area contributed by atoms with Crippen molar-refractivity contribution in [2.45, 2.75) is 6.42 Å². The number of amides is 1. The second-order valence-electron chi connectivity index (χ2n) is 7.55. The highest BCUT2D eigenvalue weighted by Gasteiger charge is 2.23. The summed E-state index contributed by atoms with van der Waals surface area (Å²) in [6.07, 6.45) is 1.08. The summed E-state index contributed by atoms with van der Waals surface area (Å²) in [6, 6.07) is 25.7. The van der Waals surface area contributed by atoms with Gasteiger partial charge in [-0.2, -0.15) is 0 Å². The third kappa shape index (κ3) is 4.74. The number of nitrogens with zero attached hydrogens (tertiary/aromatic N) is 1. The Hall–Kier alpha value is -3.47. The molecule has 2 N–H and O–H groups in total. The number of carbonyl (C=O) groups is 1. The highest BCUT2D eigenvalue weighted by Crippen LogP contribution is 2.25. The number of rotatable bonds is 7. The Kier molecular flexibility index (Phi) is 6.18. The standard InChI is InChI=1S/C25H27N3O2/c1-30-22-13-11-20(12-14-22)27-24-10-6-5-9-23(24)25(29)26-17-19-15-16-28(18-19)21-7-3-2-4-8-21/h2-14,19,27H,15-18H2,1H3,(H,26,29). The molecule has 5 heteroatoms. The Bertz CT molecular complexity index is 973. The molecule has 4 rings (SSSR count). The molecule has 5 nitrogen and oxygen atoms in total. The molecule has 3 aromatic rings. The van der Waals surface area contributed by atoms with Crippen LogP contribution in [-0.2, 0) is 0 Å². The van der Waals surface area contributed by atoms with Crippen molar-refractivity contribution >= 4 is 23.0 Å². The molecule has 1 atom stereocenters. The molecule has 1 amide bonds. The van der Waals surface area contributed by atoms with Gasteiger partial charge in [0.05, 0.1) is 18.4 Å². The molecular formula is C25H27N3O2. The first-order valence-electron chi connectivity index (χ1n) is 10.3. The van der Waals surface area contributed by atoms with Crippen LogP contribution in [0.2, 0.25) is 0 Å². The van der Waals surface area contributed by atoms with Crippen molar-refractivity contribution < 1.29 is 9.53 Å². The summed E-state index contributed by atoms with van der Waals surface area (Å²) in [5.41, 5.74) is 3.59. The van der Waals surface area contributed by atoms with E-state index in [9.17, 15) is 4.79 Å². The molecule has 1 fully saturated rings. The molecule has 1 aliphatic heterocycles. The number of para-hydroxylation sites is 2. The fourth-order valence-corrected chi connectivity index (χ4v) is 3.82. The normalized spacial score (nSPS) is 15.6. The van der Waals surface area contributed by atoms with E-state index in [-0.39, 0.29) is 5.91 Å². The molecule has 154 valence electrons. The van der Waals surface area contributed by atoms with Crippen LogP contribution in [-0.4, -0.2) is 32.7 Å². The fourth-order valence-electron chi connectivity index (χ4n) is 3.82. The summed E-state index contributed by atoms with van der Waals surface area (Å²) in [5, 5.41) is 6.47. The minimum atomic E-state index is -0.0511.